The summed E-state index contributed by atoms with van der Waals surface area (Å²) in [5.41, 5.74) is 0.205. The Morgan fingerprint density at radius 3 is 2.88 bits per heavy atom. The van der Waals surface area contributed by atoms with Gasteiger partial charge in [-0.15, -0.1) is 5.10 Å². The van der Waals surface area contributed by atoms with Crippen LogP contribution in [0, 0.1) is 5.82 Å². The highest BCUT2D eigenvalue weighted by molar-refractivity contribution is 7.99. The SMILES string of the molecule is CCCCn1c(SCC(=O)N(C)Cc2ccccc2F)n[nH]c1=O. The smallest absolute Gasteiger partial charge is 0.341 e. The van der Waals surface area contributed by atoms with E-state index >= 15 is 0 Å². The molecule has 2 rings (SSSR count). The molecule has 24 heavy (non-hydrogen) atoms. The molecular weight excluding hydrogens is 331 g/mol. The van der Waals surface area contributed by atoms with E-state index in [1.807, 2.05) is 6.92 Å². The molecule has 0 saturated heterocycles. The first-order chi connectivity index (χ1) is 11.5. The summed E-state index contributed by atoms with van der Waals surface area (Å²) in [6.45, 7) is 2.82. The number of carbonyl (C=O) groups excluding carboxylic acids is 1. The molecule has 0 atom stereocenters. The van der Waals surface area contributed by atoms with Gasteiger partial charge in [0.15, 0.2) is 5.16 Å². The van der Waals surface area contributed by atoms with Crippen LogP contribution in [0.15, 0.2) is 34.2 Å². The first-order valence-corrected chi connectivity index (χ1v) is 8.76. The molecule has 1 N–H and O–H groups in total. The molecule has 0 aliphatic rings. The summed E-state index contributed by atoms with van der Waals surface area (Å²) in [4.78, 5) is 25.4. The monoisotopic (exact) mass is 352 g/mol. The predicted molar refractivity (Wildman–Crippen MR) is 91.4 cm³/mol. The molecule has 0 fully saturated rings. The van der Waals surface area contributed by atoms with E-state index in [1.165, 1.54) is 27.3 Å². The summed E-state index contributed by atoms with van der Waals surface area (Å²) in [5.74, 6) is -0.340. The fourth-order valence-corrected chi connectivity index (χ4v) is 3.05. The van der Waals surface area contributed by atoms with Crippen LogP contribution in [0.5, 0.6) is 0 Å². The second kappa shape index (κ2) is 8.68. The van der Waals surface area contributed by atoms with Crippen molar-refractivity contribution >= 4 is 17.7 Å². The summed E-state index contributed by atoms with van der Waals surface area (Å²) in [6, 6.07) is 6.38. The second-order valence-electron chi connectivity index (χ2n) is 5.45. The van der Waals surface area contributed by atoms with Crippen LogP contribution in [0.4, 0.5) is 4.39 Å². The van der Waals surface area contributed by atoms with E-state index < -0.39 is 0 Å². The number of hydrogen-bond acceptors (Lipinski definition) is 4. The number of nitrogens with one attached hydrogen (secondary N) is 1. The van der Waals surface area contributed by atoms with E-state index in [2.05, 4.69) is 10.2 Å². The Balaban J connectivity index is 1.93. The molecule has 0 aliphatic carbocycles. The van der Waals surface area contributed by atoms with E-state index in [0.717, 1.165) is 12.8 Å². The van der Waals surface area contributed by atoms with Crippen molar-refractivity contribution in [2.24, 2.45) is 0 Å². The van der Waals surface area contributed by atoms with Crippen molar-refractivity contribution in [3.8, 4) is 0 Å². The largest absolute Gasteiger partial charge is 0.343 e. The number of rotatable bonds is 8. The fraction of sp³-hybridized carbons (Fsp3) is 0.438. The highest BCUT2D eigenvalue weighted by atomic mass is 32.2. The van der Waals surface area contributed by atoms with Crippen molar-refractivity contribution in [1.82, 2.24) is 19.7 Å². The number of unbranched alkanes of at least 4 members (excludes halogenated alkanes) is 1. The fourth-order valence-electron chi connectivity index (χ4n) is 2.13. The summed E-state index contributed by atoms with van der Waals surface area (Å²) in [5, 5.41) is 6.87. The molecule has 0 bridgehead atoms. The van der Waals surface area contributed by atoms with Gasteiger partial charge in [-0.25, -0.2) is 14.3 Å². The number of aromatic nitrogens is 3. The summed E-state index contributed by atoms with van der Waals surface area (Å²) in [6.07, 6.45) is 1.83. The number of aromatic amines is 1. The third-order valence-electron chi connectivity index (χ3n) is 3.57. The molecule has 0 unspecified atom stereocenters. The zero-order valence-electron chi connectivity index (χ0n) is 13.8. The van der Waals surface area contributed by atoms with Crippen molar-refractivity contribution in [1.29, 1.82) is 0 Å². The van der Waals surface area contributed by atoms with Crippen LogP contribution in [-0.2, 0) is 17.9 Å². The molecule has 1 amide bonds. The lowest BCUT2D eigenvalue weighted by Gasteiger charge is -2.17. The maximum absolute atomic E-state index is 13.6. The normalized spacial score (nSPS) is 10.8. The van der Waals surface area contributed by atoms with Crippen molar-refractivity contribution in [3.05, 3.63) is 46.1 Å². The zero-order chi connectivity index (χ0) is 17.5. The Morgan fingerprint density at radius 1 is 1.42 bits per heavy atom. The number of thioether (sulfide) groups is 1. The molecule has 0 aliphatic heterocycles. The number of amides is 1. The van der Waals surface area contributed by atoms with Gasteiger partial charge in [0, 0.05) is 25.7 Å². The topological polar surface area (TPSA) is 71.0 Å². The summed E-state index contributed by atoms with van der Waals surface area (Å²) >= 11 is 1.21. The van der Waals surface area contributed by atoms with Gasteiger partial charge in [0.25, 0.3) is 0 Å². The Morgan fingerprint density at radius 2 is 2.17 bits per heavy atom. The lowest BCUT2D eigenvalue weighted by Crippen LogP contribution is -2.28. The van der Waals surface area contributed by atoms with Gasteiger partial charge >= 0.3 is 5.69 Å². The number of H-pyrrole nitrogens is 1. The highest BCUT2D eigenvalue weighted by Gasteiger charge is 2.15. The molecule has 2 aromatic rings. The van der Waals surface area contributed by atoms with Gasteiger partial charge in [0.2, 0.25) is 5.91 Å². The number of nitrogens with zero attached hydrogens (tertiary/aromatic N) is 3. The minimum atomic E-state index is -0.328. The van der Waals surface area contributed by atoms with Crippen LogP contribution >= 0.6 is 11.8 Å². The quantitative estimate of drug-likeness (QED) is 0.740. The third kappa shape index (κ3) is 4.70. The average Bonchev–Trinajstić information content (AvgIpc) is 2.92. The highest BCUT2D eigenvalue weighted by Crippen LogP contribution is 2.15. The molecule has 6 nitrogen and oxygen atoms in total. The van der Waals surface area contributed by atoms with Gasteiger partial charge in [-0.2, -0.15) is 0 Å². The van der Waals surface area contributed by atoms with Crippen LogP contribution in [-0.4, -0.2) is 38.4 Å². The molecule has 0 radical (unpaired) electrons. The van der Waals surface area contributed by atoms with Crippen molar-refractivity contribution in [2.45, 2.75) is 38.0 Å². The van der Waals surface area contributed by atoms with Gasteiger partial charge in [-0.3, -0.25) is 9.36 Å². The molecule has 1 heterocycles. The molecule has 0 saturated carbocycles. The van der Waals surface area contributed by atoms with Gasteiger partial charge in [-0.1, -0.05) is 43.3 Å². The van der Waals surface area contributed by atoms with Crippen LogP contribution < -0.4 is 5.69 Å². The van der Waals surface area contributed by atoms with E-state index in [1.54, 1.807) is 25.2 Å². The minimum Gasteiger partial charge on any atom is -0.341 e. The number of halogens is 1. The molecular formula is C16H21FN4O2S. The molecule has 8 heteroatoms. The Bertz CT molecular complexity index is 744. The Hall–Kier alpha value is -2.09. The van der Waals surface area contributed by atoms with Gasteiger partial charge in [-0.05, 0) is 12.5 Å². The van der Waals surface area contributed by atoms with Crippen LogP contribution in [0.25, 0.3) is 0 Å². The maximum Gasteiger partial charge on any atom is 0.343 e. The van der Waals surface area contributed by atoms with Crippen molar-refractivity contribution in [3.63, 3.8) is 0 Å². The first-order valence-electron chi connectivity index (χ1n) is 7.78. The standard InChI is InChI=1S/C16H21FN4O2S/c1-3-4-9-21-15(23)18-19-16(21)24-11-14(22)20(2)10-12-7-5-6-8-13(12)17/h5-8H,3-4,9-11H2,1-2H3,(H,18,23). The number of carbonyl (C=O) groups is 1. The van der Waals surface area contributed by atoms with Crippen LogP contribution in [0.1, 0.15) is 25.3 Å². The summed E-state index contributed by atoms with van der Waals surface area (Å²) < 4.78 is 15.2. The molecule has 1 aromatic heterocycles. The van der Waals surface area contributed by atoms with Gasteiger partial charge in [0.1, 0.15) is 5.82 Å². The Labute approximate surface area is 144 Å². The van der Waals surface area contributed by atoms with E-state index in [-0.39, 0.29) is 29.7 Å². The average molecular weight is 352 g/mol. The maximum atomic E-state index is 13.6. The van der Waals surface area contributed by atoms with Gasteiger partial charge < -0.3 is 4.90 Å². The summed E-state index contributed by atoms with van der Waals surface area (Å²) in [7, 11) is 1.63. The molecule has 1 aromatic carbocycles. The first kappa shape index (κ1) is 18.3. The van der Waals surface area contributed by atoms with Crippen molar-refractivity contribution in [2.75, 3.05) is 12.8 Å². The van der Waals surface area contributed by atoms with Crippen molar-refractivity contribution < 1.29 is 9.18 Å². The second-order valence-corrected chi connectivity index (χ2v) is 6.39. The third-order valence-corrected chi connectivity index (χ3v) is 4.54. The minimum absolute atomic E-state index is 0.140. The van der Waals surface area contributed by atoms with Gasteiger partial charge in [0.05, 0.1) is 5.75 Å². The van der Waals surface area contributed by atoms with Crippen LogP contribution in [0.3, 0.4) is 0 Å². The van der Waals surface area contributed by atoms with E-state index in [9.17, 15) is 14.0 Å². The number of hydrogen-bond donors (Lipinski definition) is 1. The predicted octanol–water partition coefficient (Wildman–Crippen LogP) is 2.26. The zero-order valence-corrected chi connectivity index (χ0v) is 14.6. The number of benzene rings is 1. The van der Waals surface area contributed by atoms with E-state index in [0.29, 0.717) is 17.3 Å². The van der Waals surface area contributed by atoms with Crippen LogP contribution in [0.2, 0.25) is 0 Å². The molecule has 0 spiro atoms. The Kier molecular flexibility index (Phi) is 6.60. The lowest BCUT2D eigenvalue weighted by atomic mass is 10.2. The van der Waals surface area contributed by atoms with E-state index in [4.69, 9.17) is 0 Å². The molecule has 130 valence electrons. The lowest BCUT2D eigenvalue weighted by molar-refractivity contribution is -0.127.